The molecule has 1 fully saturated rings. The molecule has 24 heavy (non-hydrogen) atoms. The minimum Gasteiger partial charge on any atom is -0.341 e. The number of fused-ring (bicyclic) bond motifs is 1. The van der Waals surface area contributed by atoms with Crippen molar-refractivity contribution >= 4 is 21.1 Å². The third-order valence-electron chi connectivity index (χ3n) is 4.43. The Bertz CT molecular complexity index is 942. The highest BCUT2D eigenvalue weighted by molar-refractivity contribution is 7.89. The second kappa shape index (κ2) is 5.71. The van der Waals surface area contributed by atoms with Crippen LogP contribution in [0.15, 0.2) is 41.8 Å². The molecule has 1 N–H and O–H groups in total. The zero-order valence-electron chi connectivity index (χ0n) is 13.4. The topological polar surface area (TPSA) is 83.9 Å². The van der Waals surface area contributed by atoms with Gasteiger partial charge in [0.15, 0.2) is 5.03 Å². The Morgan fingerprint density at radius 2 is 2.08 bits per heavy atom. The number of sulfonamides is 1. The second-order valence-electron chi connectivity index (χ2n) is 6.14. The van der Waals surface area contributed by atoms with Crippen LogP contribution < -0.4 is 0 Å². The van der Waals surface area contributed by atoms with E-state index in [0.717, 1.165) is 30.3 Å². The number of aromatic amines is 1. The first-order valence-corrected chi connectivity index (χ1v) is 9.44. The molecule has 3 aromatic rings. The fraction of sp³-hybridized carbons (Fsp3) is 0.375. The third kappa shape index (κ3) is 2.51. The molecule has 0 saturated carbocycles. The minimum atomic E-state index is -3.63. The van der Waals surface area contributed by atoms with Crippen molar-refractivity contribution in [2.75, 3.05) is 6.54 Å². The molecule has 3 heterocycles. The number of H-pyrrole nitrogens is 1. The van der Waals surface area contributed by atoms with Crippen LogP contribution in [0.5, 0.6) is 0 Å². The van der Waals surface area contributed by atoms with E-state index in [9.17, 15) is 8.42 Å². The maximum Gasteiger partial charge on any atom is 0.262 e. The lowest BCUT2D eigenvalue weighted by Gasteiger charge is -2.32. The lowest BCUT2D eigenvalue weighted by molar-refractivity contribution is 0.247. The van der Waals surface area contributed by atoms with Crippen LogP contribution in [0.25, 0.3) is 11.0 Å². The average molecular weight is 345 g/mol. The van der Waals surface area contributed by atoms with Gasteiger partial charge in [0.1, 0.15) is 5.82 Å². The van der Waals surface area contributed by atoms with Crippen molar-refractivity contribution in [1.29, 1.82) is 0 Å². The van der Waals surface area contributed by atoms with Crippen molar-refractivity contribution in [3.63, 3.8) is 0 Å². The summed E-state index contributed by atoms with van der Waals surface area (Å²) in [4.78, 5) is 11.9. The van der Waals surface area contributed by atoms with Gasteiger partial charge in [-0.2, -0.15) is 4.31 Å². The molecule has 0 amide bonds. The van der Waals surface area contributed by atoms with Crippen LogP contribution in [-0.2, 0) is 17.1 Å². The van der Waals surface area contributed by atoms with Crippen LogP contribution in [0.4, 0.5) is 0 Å². The molecule has 126 valence electrons. The molecule has 2 aromatic heterocycles. The number of aromatic nitrogens is 4. The lowest BCUT2D eigenvalue weighted by Crippen LogP contribution is -2.39. The molecule has 0 aliphatic carbocycles. The normalized spacial score (nSPS) is 19.8. The smallest absolute Gasteiger partial charge is 0.262 e. The highest BCUT2D eigenvalue weighted by Gasteiger charge is 2.37. The van der Waals surface area contributed by atoms with Gasteiger partial charge in [-0.3, -0.25) is 0 Å². The quantitative estimate of drug-likeness (QED) is 0.789. The van der Waals surface area contributed by atoms with Gasteiger partial charge in [-0.05, 0) is 25.0 Å². The van der Waals surface area contributed by atoms with Gasteiger partial charge in [-0.25, -0.2) is 18.4 Å². The summed E-state index contributed by atoms with van der Waals surface area (Å²) in [5.74, 6) is 0.704. The second-order valence-corrected chi connectivity index (χ2v) is 7.98. The highest BCUT2D eigenvalue weighted by Crippen LogP contribution is 2.34. The first-order valence-electron chi connectivity index (χ1n) is 8.00. The van der Waals surface area contributed by atoms with Crippen molar-refractivity contribution in [2.45, 2.75) is 30.3 Å². The van der Waals surface area contributed by atoms with E-state index in [-0.39, 0.29) is 11.1 Å². The molecular formula is C16H19N5O2S. The summed E-state index contributed by atoms with van der Waals surface area (Å²) in [5, 5.41) is 0.0908. The summed E-state index contributed by atoms with van der Waals surface area (Å²) in [6.45, 7) is 0.487. The van der Waals surface area contributed by atoms with Crippen LogP contribution in [0.2, 0.25) is 0 Å². The first kappa shape index (κ1) is 15.3. The molecule has 1 aromatic carbocycles. The van der Waals surface area contributed by atoms with E-state index < -0.39 is 10.0 Å². The van der Waals surface area contributed by atoms with Gasteiger partial charge in [0.2, 0.25) is 0 Å². The van der Waals surface area contributed by atoms with Gasteiger partial charge >= 0.3 is 0 Å². The number of nitrogens with zero attached hydrogens (tertiary/aromatic N) is 4. The summed E-state index contributed by atoms with van der Waals surface area (Å²) >= 11 is 0. The van der Waals surface area contributed by atoms with E-state index in [1.54, 1.807) is 17.8 Å². The molecule has 1 aliphatic heterocycles. The number of hydrogen-bond donors (Lipinski definition) is 1. The number of aryl methyl sites for hydroxylation is 1. The number of nitrogens with one attached hydrogen (secondary N) is 1. The number of benzene rings is 1. The molecule has 1 atom stereocenters. The van der Waals surface area contributed by atoms with Gasteiger partial charge in [-0.1, -0.05) is 18.6 Å². The van der Waals surface area contributed by atoms with Gasteiger partial charge in [0.25, 0.3) is 10.0 Å². The monoisotopic (exact) mass is 345 g/mol. The molecule has 8 heteroatoms. The van der Waals surface area contributed by atoms with E-state index in [1.807, 2.05) is 24.3 Å². The van der Waals surface area contributed by atoms with Crippen LogP contribution >= 0.6 is 0 Å². The Labute approximate surface area is 140 Å². The van der Waals surface area contributed by atoms with Gasteiger partial charge in [0.05, 0.1) is 23.4 Å². The van der Waals surface area contributed by atoms with E-state index in [4.69, 9.17) is 0 Å². The Kier molecular flexibility index (Phi) is 3.65. The molecule has 1 saturated heterocycles. The summed E-state index contributed by atoms with van der Waals surface area (Å²) in [6, 6.07) is 7.46. The van der Waals surface area contributed by atoms with Gasteiger partial charge < -0.3 is 9.55 Å². The molecule has 4 rings (SSSR count). The number of piperidine rings is 1. The largest absolute Gasteiger partial charge is 0.341 e. The van der Waals surface area contributed by atoms with Crippen molar-refractivity contribution in [2.24, 2.45) is 7.05 Å². The maximum absolute atomic E-state index is 13.0. The Morgan fingerprint density at radius 3 is 2.83 bits per heavy atom. The third-order valence-corrected chi connectivity index (χ3v) is 6.23. The van der Waals surface area contributed by atoms with Crippen LogP contribution in [0, 0.1) is 0 Å². The fourth-order valence-corrected chi connectivity index (χ4v) is 4.87. The highest BCUT2D eigenvalue weighted by atomic mass is 32.2. The summed E-state index contributed by atoms with van der Waals surface area (Å²) in [6.07, 6.45) is 5.64. The first-order chi connectivity index (χ1) is 11.6. The summed E-state index contributed by atoms with van der Waals surface area (Å²) in [5.41, 5.74) is 1.78. The van der Waals surface area contributed by atoms with Crippen LogP contribution in [0.1, 0.15) is 31.1 Å². The Balaban J connectivity index is 1.75. The average Bonchev–Trinajstić information content (AvgIpc) is 3.21. The SMILES string of the molecule is Cn1cnc(S(=O)(=O)N2CCCCC2c2nc3ccccc3[nH]2)c1. The standard InChI is InChI=1S/C16H19N5O2S/c1-20-10-15(17-11-20)24(22,23)21-9-5-4-8-14(21)16-18-12-6-2-3-7-13(12)19-16/h2-3,6-7,10-11,14H,4-5,8-9H2,1H3,(H,18,19). The summed E-state index contributed by atoms with van der Waals surface area (Å²) in [7, 11) is -1.87. The predicted molar refractivity (Wildman–Crippen MR) is 89.8 cm³/mol. The van der Waals surface area contributed by atoms with Crippen molar-refractivity contribution in [3.8, 4) is 0 Å². The number of hydrogen-bond acceptors (Lipinski definition) is 4. The van der Waals surface area contributed by atoms with Gasteiger partial charge in [0, 0.05) is 19.8 Å². The predicted octanol–water partition coefficient (Wildman–Crippen LogP) is 2.21. The molecule has 1 unspecified atom stereocenters. The maximum atomic E-state index is 13.0. The fourth-order valence-electron chi connectivity index (χ4n) is 3.24. The van der Waals surface area contributed by atoms with Gasteiger partial charge in [-0.15, -0.1) is 0 Å². The molecule has 0 radical (unpaired) electrons. The molecule has 7 nitrogen and oxygen atoms in total. The van der Waals surface area contributed by atoms with E-state index in [0.29, 0.717) is 12.4 Å². The zero-order valence-corrected chi connectivity index (χ0v) is 14.2. The number of rotatable bonds is 3. The lowest BCUT2D eigenvalue weighted by atomic mass is 10.0. The zero-order chi connectivity index (χ0) is 16.7. The molecule has 1 aliphatic rings. The molecule has 0 bridgehead atoms. The van der Waals surface area contributed by atoms with Crippen molar-refractivity contribution in [3.05, 3.63) is 42.6 Å². The number of imidazole rings is 2. The number of para-hydroxylation sites is 2. The van der Waals surface area contributed by atoms with E-state index in [2.05, 4.69) is 15.0 Å². The Morgan fingerprint density at radius 1 is 1.25 bits per heavy atom. The van der Waals surface area contributed by atoms with E-state index in [1.165, 1.54) is 10.6 Å². The molecular weight excluding hydrogens is 326 g/mol. The van der Waals surface area contributed by atoms with Crippen molar-refractivity contribution in [1.82, 2.24) is 23.8 Å². The van der Waals surface area contributed by atoms with Crippen LogP contribution in [-0.4, -0.2) is 38.8 Å². The van der Waals surface area contributed by atoms with Crippen LogP contribution in [0.3, 0.4) is 0 Å². The molecule has 0 spiro atoms. The minimum absolute atomic E-state index is 0.0908. The van der Waals surface area contributed by atoms with Crippen molar-refractivity contribution < 1.29 is 8.42 Å². The van der Waals surface area contributed by atoms with E-state index >= 15 is 0 Å². The Hall–Kier alpha value is -2.19. The summed E-state index contributed by atoms with van der Waals surface area (Å²) < 4.78 is 29.2.